The van der Waals surface area contributed by atoms with E-state index in [1.807, 2.05) is 60.7 Å². The van der Waals surface area contributed by atoms with Gasteiger partial charge in [-0.2, -0.15) is 0 Å². The van der Waals surface area contributed by atoms with Gasteiger partial charge in [0.25, 0.3) is 0 Å². The molecule has 3 aromatic carbocycles. The first-order valence-electron chi connectivity index (χ1n) is 13.4. The number of aromatic nitrogens is 1. The fourth-order valence-corrected chi connectivity index (χ4v) is 4.84. The van der Waals surface area contributed by atoms with Crippen molar-refractivity contribution in [2.75, 3.05) is 33.1 Å². The van der Waals surface area contributed by atoms with Crippen LogP contribution in [0.1, 0.15) is 29.2 Å². The number of rotatable bonds is 11. The zero-order valence-electron chi connectivity index (χ0n) is 22.0. The summed E-state index contributed by atoms with van der Waals surface area (Å²) in [6.07, 6.45) is 1.93. The summed E-state index contributed by atoms with van der Waals surface area (Å²) in [5, 5.41) is 2.38. The van der Waals surface area contributed by atoms with Crippen molar-refractivity contribution in [2.45, 2.75) is 31.7 Å². The third-order valence-corrected chi connectivity index (χ3v) is 6.91. The molecule has 4 aromatic rings. The highest BCUT2D eigenvalue weighted by Crippen LogP contribution is 2.30. The minimum Gasteiger partial charge on any atom is -0.422 e. The average molecular weight is 527 g/mol. The summed E-state index contributed by atoms with van der Waals surface area (Å²) in [6, 6.07) is 30.5. The maximum absolute atomic E-state index is 12.8. The molecular formula is C32H34N2O5. The van der Waals surface area contributed by atoms with Crippen LogP contribution < -0.4 is 0 Å². The zero-order valence-corrected chi connectivity index (χ0v) is 22.0. The highest BCUT2D eigenvalue weighted by molar-refractivity contribution is 5.82. The van der Waals surface area contributed by atoms with E-state index in [1.54, 1.807) is 11.1 Å². The first kappa shape index (κ1) is 26.8. The van der Waals surface area contributed by atoms with E-state index >= 15 is 0 Å². The van der Waals surface area contributed by atoms with Crippen LogP contribution in [0.4, 0.5) is 4.79 Å². The summed E-state index contributed by atoms with van der Waals surface area (Å²) in [4.78, 5) is 19.1. The molecule has 2 heterocycles. The van der Waals surface area contributed by atoms with Crippen molar-refractivity contribution in [3.63, 3.8) is 0 Å². The minimum atomic E-state index is -0.404. The number of likely N-dealkylation sites (tertiary alicyclic amines) is 1. The van der Waals surface area contributed by atoms with Gasteiger partial charge in [-0.15, -0.1) is 0 Å². The van der Waals surface area contributed by atoms with Crippen molar-refractivity contribution in [3.05, 3.63) is 114 Å². The summed E-state index contributed by atoms with van der Waals surface area (Å²) >= 11 is 0. The molecule has 0 spiro atoms. The molecule has 7 nitrogen and oxygen atoms in total. The molecule has 2 unspecified atom stereocenters. The Morgan fingerprint density at radius 2 is 1.62 bits per heavy atom. The summed E-state index contributed by atoms with van der Waals surface area (Å²) < 4.78 is 22.9. The fourth-order valence-electron chi connectivity index (χ4n) is 4.84. The van der Waals surface area contributed by atoms with Gasteiger partial charge in [0.15, 0.2) is 6.79 Å². The molecule has 1 saturated heterocycles. The Morgan fingerprint density at radius 1 is 0.821 bits per heavy atom. The van der Waals surface area contributed by atoms with Gasteiger partial charge in [-0.1, -0.05) is 72.8 Å². The molecule has 2 atom stereocenters. The third kappa shape index (κ3) is 7.63. The topological polar surface area (TPSA) is 70.1 Å². The molecule has 1 fully saturated rings. The van der Waals surface area contributed by atoms with Gasteiger partial charge in [-0.05, 0) is 46.5 Å². The number of amides is 1. The number of carbonyl (C=O) groups excluding carboxylic acids is 1. The molecule has 7 heteroatoms. The van der Waals surface area contributed by atoms with E-state index in [4.69, 9.17) is 18.9 Å². The molecule has 0 N–H and O–H groups in total. The average Bonchev–Trinajstić information content (AvgIpc) is 3.00. The predicted molar refractivity (Wildman–Crippen MR) is 149 cm³/mol. The molecule has 1 aromatic heterocycles. The van der Waals surface area contributed by atoms with Crippen molar-refractivity contribution >= 4 is 16.9 Å². The first-order chi connectivity index (χ1) is 19.3. The maximum atomic E-state index is 12.8. The van der Waals surface area contributed by atoms with E-state index in [2.05, 4.69) is 35.3 Å². The Kier molecular flexibility index (Phi) is 9.52. The fraction of sp³-hybridized carbons (Fsp3) is 0.312. The number of nitrogens with zero attached hydrogens (tertiary/aromatic N) is 2. The number of hydrogen-bond donors (Lipinski definition) is 0. The molecule has 0 radical (unpaired) electrons. The lowest BCUT2D eigenvalue weighted by Crippen LogP contribution is -2.47. The molecule has 5 rings (SSSR count). The van der Waals surface area contributed by atoms with Gasteiger partial charge in [-0.25, -0.2) is 4.79 Å². The molecule has 0 aliphatic carbocycles. The normalized spacial score (nSPS) is 17.3. The lowest BCUT2D eigenvalue weighted by Gasteiger charge is -2.37. The Bertz CT molecular complexity index is 1320. The second kappa shape index (κ2) is 13.8. The van der Waals surface area contributed by atoms with E-state index in [1.165, 1.54) is 10.8 Å². The maximum Gasteiger partial charge on any atom is 0.411 e. The van der Waals surface area contributed by atoms with E-state index in [9.17, 15) is 4.79 Å². The van der Waals surface area contributed by atoms with Gasteiger partial charge in [0.2, 0.25) is 0 Å². The van der Waals surface area contributed by atoms with Crippen LogP contribution in [0.2, 0.25) is 0 Å². The summed E-state index contributed by atoms with van der Waals surface area (Å²) in [6.45, 7) is 2.62. The Morgan fingerprint density at radius 3 is 2.46 bits per heavy atom. The van der Waals surface area contributed by atoms with Crippen molar-refractivity contribution in [1.82, 2.24) is 9.88 Å². The molecule has 0 bridgehead atoms. The molecule has 202 valence electrons. The van der Waals surface area contributed by atoms with Crippen molar-refractivity contribution < 1.29 is 23.7 Å². The molecule has 1 amide bonds. The van der Waals surface area contributed by atoms with Gasteiger partial charge in [0, 0.05) is 24.4 Å². The second-order valence-corrected chi connectivity index (χ2v) is 9.60. The number of benzene rings is 3. The molecule has 0 saturated carbocycles. The number of hydrogen-bond acceptors (Lipinski definition) is 6. The van der Waals surface area contributed by atoms with E-state index in [0.717, 1.165) is 23.2 Å². The Labute approximate surface area is 229 Å². The van der Waals surface area contributed by atoms with Crippen molar-refractivity contribution in [2.24, 2.45) is 0 Å². The number of fused-ring (bicyclic) bond motifs is 1. The zero-order chi connectivity index (χ0) is 26.7. The number of ether oxygens (including phenoxy) is 4. The van der Waals surface area contributed by atoms with Crippen LogP contribution in [0, 0.1) is 0 Å². The smallest absolute Gasteiger partial charge is 0.411 e. The highest BCUT2D eigenvalue weighted by Gasteiger charge is 2.34. The standard InChI is InChI=1S/C32H34N2O5/c35-32(39-24-37-19-18-36-22-25-8-2-1-3-9-25)34-17-15-29(30-12-6-7-16-33-30)31(21-34)38-23-26-13-14-27-10-4-5-11-28(27)20-26/h1-14,16,20,29,31H,15,17-19,21-24H2. The van der Waals surface area contributed by atoms with Crippen LogP contribution in [-0.2, 0) is 32.2 Å². The highest BCUT2D eigenvalue weighted by atomic mass is 16.7. The van der Waals surface area contributed by atoms with Crippen LogP contribution in [0.5, 0.6) is 0 Å². The Balaban J connectivity index is 1.11. The molecule has 39 heavy (non-hydrogen) atoms. The lowest BCUT2D eigenvalue weighted by molar-refractivity contribution is -0.0616. The number of piperidine rings is 1. The quantitative estimate of drug-likeness (QED) is 0.178. The summed E-state index contributed by atoms with van der Waals surface area (Å²) in [5.74, 6) is 0.0914. The predicted octanol–water partition coefficient (Wildman–Crippen LogP) is 5.94. The van der Waals surface area contributed by atoms with Crippen molar-refractivity contribution in [3.8, 4) is 0 Å². The lowest BCUT2D eigenvalue weighted by atomic mass is 9.90. The van der Waals surface area contributed by atoms with Crippen LogP contribution >= 0.6 is 0 Å². The van der Waals surface area contributed by atoms with Crippen LogP contribution in [-0.4, -0.2) is 55.2 Å². The number of carbonyl (C=O) groups is 1. The van der Waals surface area contributed by atoms with Crippen LogP contribution in [0.25, 0.3) is 10.8 Å². The van der Waals surface area contributed by atoms with Gasteiger partial charge >= 0.3 is 6.09 Å². The summed E-state index contributed by atoms with van der Waals surface area (Å²) in [5.41, 5.74) is 3.18. The number of pyridine rings is 1. The summed E-state index contributed by atoms with van der Waals surface area (Å²) in [7, 11) is 0. The van der Waals surface area contributed by atoms with E-state index in [0.29, 0.717) is 39.5 Å². The van der Waals surface area contributed by atoms with Gasteiger partial charge in [-0.3, -0.25) is 4.98 Å². The van der Waals surface area contributed by atoms with E-state index in [-0.39, 0.29) is 18.8 Å². The first-order valence-corrected chi connectivity index (χ1v) is 13.4. The van der Waals surface area contributed by atoms with Gasteiger partial charge in [0.1, 0.15) is 0 Å². The second-order valence-electron chi connectivity index (χ2n) is 9.60. The minimum absolute atomic E-state index is 0.0914. The third-order valence-electron chi connectivity index (χ3n) is 6.91. The monoisotopic (exact) mass is 526 g/mol. The van der Waals surface area contributed by atoms with Gasteiger partial charge in [0.05, 0.1) is 39.1 Å². The van der Waals surface area contributed by atoms with E-state index < -0.39 is 6.09 Å². The molecule has 1 aliphatic heterocycles. The SMILES string of the molecule is O=C(OCOCCOCc1ccccc1)N1CCC(c2ccccn2)C(OCc2ccc3ccccc3c2)C1. The van der Waals surface area contributed by atoms with Crippen LogP contribution in [0.3, 0.4) is 0 Å². The van der Waals surface area contributed by atoms with Crippen molar-refractivity contribution in [1.29, 1.82) is 0 Å². The van der Waals surface area contributed by atoms with Gasteiger partial charge < -0.3 is 23.8 Å². The van der Waals surface area contributed by atoms with Crippen LogP contribution in [0.15, 0.2) is 97.2 Å². The molecule has 1 aliphatic rings. The molecular weight excluding hydrogens is 492 g/mol. The largest absolute Gasteiger partial charge is 0.422 e. The Hall–Kier alpha value is -3.78.